The summed E-state index contributed by atoms with van der Waals surface area (Å²) in [6.45, 7) is 5.56. The third-order valence-electron chi connectivity index (χ3n) is 6.14. The van der Waals surface area contributed by atoms with Crippen molar-refractivity contribution in [2.45, 2.75) is 44.2 Å². The van der Waals surface area contributed by atoms with Crippen LogP contribution in [0, 0.1) is 6.92 Å². The normalized spacial score (nSPS) is 12.4. The molecule has 9 heteroatoms. The van der Waals surface area contributed by atoms with E-state index in [1.807, 2.05) is 19.9 Å². The van der Waals surface area contributed by atoms with E-state index >= 15 is 0 Å². The second kappa shape index (κ2) is 9.13. The Kier molecular flexibility index (Phi) is 6.47. The molecule has 1 N–H and O–H groups in total. The minimum absolute atomic E-state index is 0.0675. The summed E-state index contributed by atoms with van der Waals surface area (Å²) in [4.78, 5) is 11.3. The number of aryl methyl sites for hydroxylation is 1. The van der Waals surface area contributed by atoms with E-state index in [1.165, 1.54) is 24.3 Å². The molecule has 0 amide bonds. The van der Waals surface area contributed by atoms with Gasteiger partial charge >= 0.3 is 12.1 Å². The molecule has 0 atom stereocenters. The van der Waals surface area contributed by atoms with Gasteiger partial charge < -0.3 is 5.11 Å². The second-order valence-electron chi connectivity index (χ2n) is 9.03. The van der Waals surface area contributed by atoms with Crippen molar-refractivity contribution in [3.8, 4) is 0 Å². The summed E-state index contributed by atoms with van der Waals surface area (Å²) in [5.74, 6) is -1.03. The van der Waals surface area contributed by atoms with Crippen LogP contribution in [0.15, 0.2) is 71.6 Å². The Balaban J connectivity index is 1.94. The van der Waals surface area contributed by atoms with Gasteiger partial charge in [-0.3, -0.25) is 0 Å². The first-order valence-electron chi connectivity index (χ1n) is 11.2. The number of nitrogens with zero attached hydrogens (tertiary/aromatic N) is 1. The lowest BCUT2D eigenvalue weighted by atomic mass is 10.0. The standard InChI is InChI=1S/C27H24F3NO4S/c1-16(2)20-7-4-17(3)25(15-20)36(34,35)31-23(12-18-5-8-19(9-6-18)26(32)33)14-21-13-22(27(28,29)30)10-11-24(21)31/h4-11,13-16H,12H2,1-3H3,(H,32,33). The van der Waals surface area contributed by atoms with Crippen LogP contribution in [-0.4, -0.2) is 23.5 Å². The van der Waals surface area contributed by atoms with Crippen LogP contribution < -0.4 is 0 Å². The number of rotatable bonds is 6. The van der Waals surface area contributed by atoms with Crippen molar-refractivity contribution in [3.63, 3.8) is 0 Å². The number of aromatic carboxylic acids is 1. The van der Waals surface area contributed by atoms with Crippen LogP contribution in [0.25, 0.3) is 10.9 Å². The number of halogens is 3. The van der Waals surface area contributed by atoms with Crippen LogP contribution in [0.3, 0.4) is 0 Å². The third-order valence-corrected chi connectivity index (χ3v) is 8.05. The molecule has 0 fully saturated rings. The van der Waals surface area contributed by atoms with Gasteiger partial charge in [0, 0.05) is 17.5 Å². The summed E-state index contributed by atoms with van der Waals surface area (Å²) in [6, 6.07) is 15.5. The van der Waals surface area contributed by atoms with Crippen molar-refractivity contribution in [2.24, 2.45) is 0 Å². The highest BCUT2D eigenvalue weighted by molar-refractivity contribution is 7.90. The van der Waals surface area contributed by atoms with Crippen LogP contribution in [0.2, 0.25) is 0 Å². The zero-order chi connectivity index (χ0) is 26.4. The van der Waals surface area contributed by atoms with E-state index in [0.29, 0.717) is 11.1 Å². The molecule has 0 saturated carbocycles. The Hall–Kier alpha value is -3.59. The van der Waals surface area contributed by atoms with Crippen molar-refractivity contribution >= 4 is 26.9 Å². The van der Waals surface area contributed by atoms with Crippen molar-refractivity contribution in [3.05, 3.63) is 100 Å². The van der Waals surface area contributed by atoms with E-state index < -0.39 is 27.7 Å². The van der Waals surface area contributed by atoms with Gasteiger partial charge in [-0.15, -0.1) is 0 Å². The minimum atomic E-state index is -4.58. The number of hydrogen-bond donors (Lipinski definition) is 1. The third kappa shape index (κ3) is 4.75. The van der Waals surface area contributed by atoms with E-state index in [2.05, 4.69) is 0 Å². The number of aromatic nitrogens is 1. The maximum atomic E-state index is 14.0. The van der Waals surface area contributed by atoms with Gasteiger partial charge in [-0.2, -0.15) is 13.2 Å². The van der Waals surface area contributed by atoms with Crippen molar-refractivity contribution in [2.75, 3.05) is 0 Å². The lowest BCUT2D eigenvalue weighted by molar-refractivity contribution is -0.137. The van der Waals surface area contributed by atoms with Crippen LogP contribution in [0.4, 0.5) is 13.2 Å². The fraction of sp³-hybridized carbons (Fsp3) is 0.222. The molecule has 188 valence electrons. The van der Waals surface area contributed by atoms with Crippen LogP contribution in [0.5, 0.6) is 0 Å². The summed E-state index contributed by atoms with van der Waals surface area (Å²) in [6.07, 6.45) is -4.51. The number of carboxylic acids is 1. The zero-order valence-corrected chi connectivity index (χ0v) is 20.6. The number of carboxylic acid groups (broad SMARTS) is 1. The van der Waals surface area contributed by atoms with E-state index in [1.54, 1.807) is 31.2 Å². The first kappa shape index (κ1) is 25.5. The Bertz CT molecular complexity index is 1570. The molecular formula is C27H24F3NO4S. The lowest BCUT2D eigenvalue weighted by Crippen LogP contribution is -2.17. The largest absolute Gasteiger partial charge is 0.478 e. The Morgan fingerprint density at radius 2 is 1.64 bits per heavy atom. The predicted molar refractivity (Wildman–Crippen MR) is 131 cm³/mol. The Morgan fingerprint density at radius 3 is 2.22 bits per heavy atom. The Morgan fingerprint density at radius 1 is 0.972 bits per heavy atom. The first-order valence-corrected chi connectivity index (χ1v) is 12.6. The van der Waals surface area contributed by atoms with E-state index in [0.717, 1.165) is 21.7 Å². The van der Waals surface area contributed by atoms with E-state index in [9.17, 15) is 26.4 Å². The van der Waals surface area contributed by atoms with Crippen LogP contribution in [-0.2, 0) is 22.6 Å². The second-order valence-corrected chi connectivity index (χ2v) is 10.8. The van der Waals surface area contributed by atoms with Gasteiger partial charge in [-0.05, 0) is 72.0 Å². The van der Waals surface area contributed by atoms with Gasteiger partial charge in [0.25, 0.3) is 10.0 Å². The highest BCUT2D eigenvalue weighted by atomic mass is 32.2. The average molecular weight is 516 g/mol. The molecule has 0 saturated heterocycles. The summed E-state index contributed by atoms with van der Waals surface area (Å²) in [5, 5.41) is 9.28. The molecule has 0 radical (unpaired) electrons. The topological polar surface area (TPSA) is 76.4 Å². The summed E-state index contributed by atoms with van der Waals surface area (Å²) >= 11 is 0. The van der Waals surface area contributed by atoms with Crippen molar-refractivity contribution in [1.82, 2.24) is 3.97 Å². The van der Waals surface area contributed by atoms with Gasteiger partial charge in [-0.25, -0.2) is 17.2 Å². The highest BCUT2D eigenvalue weighted by Crippen LogP contribution is 2.35. The molecule has 0 unspecified atom stereocenters. The van der Waals surface area contributed by atoms with Gasteiger partial charge in [0.1, 0.15) is 0 Å². The molecule has 0 aliphatic rings. The minimum Gasteiger partial charge on any atom is -0.478 e. The van der Waals surface area contributed by atoms with E-state index in [4.69, 9.17) is 5.11 Å². The SMILES string of the molecule is Cc1ccc(C(C)C)cc1S(=O)(=O)n1c(Cc2ccc(C(=O)O)cc2)cc2cc(C(F)(F)F)ccc21. The zero-order valence-electron chi connectivity index (χ0n) is 19.8. The maximum absolute atomic E-state index is 14.0. The number of carbonyl (C=O) groups is 1. The van der Waals surface area contributed by atoms with Gasteiger partial charge in [0.2, 0.25) is 0 Å². The smallest absolute Gasteiger partial charge is 0.416 e. The lowest BCUT2D eigenvalue weighted by Gasteiger charge is -2.16. The quantitative estimate of drug-likeness (QED) is 0.313. The summed E-state index contributed by atoms with van der Waals surface area (Å²) < 4.78 is 69.2. The fourth-order valence-electron chi connectivity index (χ4n) is 4.16. The molecule has 0 aliphatic carbocycles. The molecule has 0 spiro atoms. The Labute approximate surface area is 206 Å². The molecular weight excluding hydrogens is 491 g/mol. The molecule has 4 rings (SSSR count). The number of benzene rings is 3. The molecule has 0 bridgehead atoms. The van der Waals surface area contributed by atoms with Crippen molar-refractivity contribution in [1.29, 1.82) is 0 Å². The van der Waals surface area contributed by atoms with Gasteiger partial charge in [0.15, 0.2) is 0 Å². The van der Waals surface area contributed by atoms with Gasteiger partial charge in [0.05, 0.1) is 21.5 Å². The van der Waals surface area contributed by atoms with E-state index in [-0.39, 0.29) is 39.4 Å². The van der Waals surface area contributed by atoms with Crippen LogP contribution in [0.1, 0.15) is 58.1 Å². The maximum Gasteiger partial charge on any atom is 0.416 e. The molecule has 1 heterocycles. The number of hydrogen-bond acceptors (Lipinski definition) is 3. The molecule has 4 aromatic rings. The summed E-state index contributed by atoms with van der Waals surface area (Å²) in [7, 11) is -4.19. The first-order chi connectivity index (χ1) is 16.8. The number of fused-ring (bicyclic) bond motifs is 1. The molecule has 36 heavy (non-hydrogen) atoms. The summed E-state index contributed by atoms with van der Waals surface area (Å²) in [5.41, 5.74) is 1.55. The average Bonchev–Trinajstić information content (AvgIpc) is 3.16. The monoisotopic (exact) mass is 515 g/mol. The van der Waals surface area contributed by atoms with Crippen molar-refractivity contribution < 1.29 is 31.5 Å². The molecule has 3 aromatic carbocycles. The molecule has 0 aliphatic heterocycles. The molecule has 5 nitrogen and oxygen atoms in total. The number of alkyl halides is 3. The molecule has 1 aromatic heterocycles. The highest BCUT2D eigenvalue weighted by Gasteiger charge is 2.32. The predicted octanol–water partition coefficient (Wildman–Crippen LogP) is 6.62. The van der Waals surface area contributed by atoms with Gasteiger partial charge in [-0.1, -0.05) is 38.1 Å². The van der Waals surface area contributed by atoms with Crippen LogP contribution >= 0.6 is 0 Å². The fourth-order valence-corrected chi connectivity index (χ4v) is 5.97.